The topological polar surface area (TPSA) is 108 Å². The molecule has 2 N–H and O–H groups in total. The van der Waals surface area contributed by atoms with Crippen LogP contribution in [0, 0.1) is 18.3 Å². The minimum absolute atomic E-state index is 0.0117. The van der Waals surface area contributed by atoms with Crippen LogP contribution in [0.25, 0.3) is 11.0 Å². The molecule has 0 aliphatic carbocycles. The summed E-state index contributed by atoms with van der Waals surface area (Å²) in [6.07, 6.45) is 0.878. The number of carbonyl (C=O) groups excluding carboxylic acids is 1. The van der Waals surface area contributed by atoms with E-state index in [0.29, 0.717) is 34.3 Å². The van der Waals surface area contributed by atoms with Gasteiger partial charge in [0.25, 0.3) is 0 Å². The third-order valence-corrected chi connectivity index (χ3v) is 7.93. The van der Waals surface area contributed by atoms with E-state index in [1.807, 2.05) is 73.7 Å². The molecule has 1 unspecified atom stereocenters. The second kappa shape index (κ2) is 11.6. The molecule has 0 fully saturated rings. The molecule has 1 aliphatic rings. The predicted molar refractivity (Wildman–Crippen MR) is 163 cm³/mol. The van der Waals surface area contributed by atoms with Crippen LogP contribution in [0.15, 0.2) is 101 Å². The van der Waals surface area contributed by atoms with Gasteiger partial charge in [-0.05, 0) is 60.9 Å². The van der Waals surface area contributed by atoms with Gasteiger partial charge in [-0.3, -0.25) is 0 Å². The van der Waals surface area contributed by atoms with Crippen LogP contribution in [0.5, 0.6) is 17.2 Å². The van der Waals surface area contributed by atoms with Crippen molar-refractivity contribution in [2.24, 2.45) is 5.73 Å². The first-order valence-corrected chi connectivity index (χ1v) is 14.2. The molecule has 43 heavy (non-hydrogen) atoms. The highest BCUT2D eigenvalue weighted by Crippen LogP contribution is 2.44. The molecule has 4 aromatic carbocycles. The molecule has 6 rings (SSSR count). The highest BCUT2D eigenvalue weighted by Gasteiger charge is 2.31. The summed E-state index contributed by atoms with van der Waals surface area (Å²) in [6, 6.07) is 28.0. The fraction of sp³-hybridized carbons (Fsp3) is 0.143. The summed E-state index contributed by atoms with van der Waals surface area (Å²) < 4.78 is 23.3. The van der Waals surface area contributed by atoms with Gasteiger partial charge in [0.2, 0.25) is 11.6 Å². The van der Waals surface area contributed by atoms with Crippen LogP contribution in [-0.2, 0) is 13.0 Å². The molecule has 0 spiro atoms. The molecular weight excluding hydrogens is 564 g/mol. The zero-order valence-corrected chi connectivity index (χ0v) is 24.3. The summed E-state index contributed by atoms with van der Waals surface area (Å²) >= 11 is 6.24. The lowest BCUT2D eigenvalue weighted by Gasteiger charge is -2.26. The average Bonchev–Trinajstić information content (AvgIpc) is 3.35. The van der Waals surface area contributed by atoms with E-state index in [-0.39, 0.29) is 23.0 Å². The van der Waals surface area contributed by atoms with Gasteiger partial charge in [0.1, 0.15) is 41.1 Å². The van der Waals surface area contributed by atoms with Crippen molar-refractivity contribution in [1.82, 2.24) is 0 Å². The number of esters is 1. The van der Waals surface area contributed by atoms with E-state index in [2.05, 4.69) is 13.0 Å². The van der Waals surface area contributed by atoms with Crippen molar-refractivity contribution in [3.63, 3.8) is 0 Å². The quantitative estimate of drug-likeness (QED) is 0.151. The second-order valence-electron chi connectivity index (χ2n) is 10.2. The molecule has 8 heteroatoms. The van der Waals surface area contributed by atoms with Crippen molar-refractivity contribution in [3.05, 3.63) is 135 Å². The van der Waals surface area contributed by atoms with Gasteiger partial charge in [0.05, 0.1) is 5.92 Å². The number of aryl methyl sites for hydroxylation is 2. The first-order valence-electron chi connectivity index (χ1n) is 13.8. The smallest absolute Gasteiger partial charge is 0.379 e. The summed E-state index contributed by atoms with van der Waals surface area (Å²) in [5.74, 6) is 0.327. The van der Waals surface area contributed by atoms with Gasteiger partial charge >= 0.3 is 5.97 Å². The van der Waals surface area contributed by atoms with Crippen LogP contribution in [0.4, 0.5) is 0 Å². The van der Waals surface area contributed by atoms with Crippen molar-refractivity contribution >= 4 is 28.5 Å². The molecule has 0 saturated carbocycles. The Morgan fingerprint density at radius 3 is 2.53 bits per heavy atom. The molecular formula is C35H27ClN2O5. The highest BCUT2D eigenvalue weighted by molar-refractivity contribution is 6.31. The van der Waals surface area contributed by atoms with E-state index < -0.39 is 11.9 Å². The van der Waals surface area contributed by atoms with E-state index in [1.165, 1.54) is 0 Å². The Bertz CT molecular complexity index is 1930. The molecule has 1 aliphatic heterocycles. The Balaban J connectivity index is 1.24. The van der Waals surface area contributed by atoms with E-state index >= 15 is 0 Å². The predicted octanol–water partition coefficient (Wildman–Crippen LogP) is 7.97. The number of carbonyl (C=O) groups is 1. The third-order valence-electron chi connectivity index (χ3n) is 7.56. The van der Waals surface area contributed by atoms with Crippen LogP contribution in [0.1, 0.15) is 51.2 Å². The Hall–Kier alpha value is -5.19. The number of furan rings is 1. The maximum atomic E-state index is 13.1. The number of hydrogen-bond acceptors (Lipinski definition) is 7. The van der Waals surface area contributed by atoms with Crippen molar-refractivity contribution in [3.8, 4) is 23.3 Å². The molecule has 1 aromatic heterocycles. The first-order chi connectivity index (χ1) is 20.9. The number of nitriles is 1. The molecule has 0 saturated heterocycles. The van der Waals surface area contributed by atoms with Crippen LogP contribution >= 0.6 is 11.6 Å². The summed E-state index contributed by atoms with van der Waals surface area (Å²) in [5, 5.41) is 11.5. The molecule has 7 nitrogen and oxygen atoms in total. The lowest BCUT2D eigenvalue weighted by atomic mass is 9.83. The van der Waals surface area contributed by atoms with Gasteiger partial charge in [-0.15, -0.1) is 0 Å². The Morgan fingerprint density at radius 2 is 1.79 bits per heavy atom. The minimum Gasteiger partial charge on any atom is -0.489 e. The SMILES string of the molecule is CCc1ccc2oc(C(=O)Oc3ccc4c(c3)OC(N)=C(C#N)C4c3ccc(OCc4ccccc4Cl)cc3)c(C)c2c1. The number of ether oxygens (including phenoxy) is 3. The van der Waals surface area contributed by atoms with Crippen LogP contribution < -0.4 is 19.9 Å². The fourth-order valence-corrected chi connectivity index (χ4v) is 5.40. The molecule has 214 valence electrons. The number of nitrogens with two attached hydrogens (primary N) is 1. The standard InChI is InChI=1S/C35H27ClN2O5/c1-3-21-8-15-30-27(16-21)20(2)33(42-30)35(39)41-25-13-14-26-31(17-25)43-34(38)28(18-37)32(26)22-9-11-24(12-10-22)40-19-23-6-4-5-7-29(23)36/h4-17,32H,3,19,38H2,1-2H3. The van der Waals surface area contributed by atoms with Crippen LogP contribution in [-0.4, -0.2) is 5.97 Å². The number of halogens is 1. The zero-order valence-electron chi connectivity index (χ0n) is 23.5. The Morgan fingerprint density at radius 1 is 1.02 bits per heavy atom. The lowest BCUT2D eigenvalue weighted by molar-refractivity contribution is 0.0702. The van der Waals surface area contributed by atoms with E-state index in [1.54, 1.807) is 18.2 Å². The van der Waals surface area contributed by atoms with Gasteiger partial charge in [-0.25, -0.2) is 4.79 Å². The maximum Gasteiger partial charge on any atom is 0.379 e. The number of fused-ring (bicyclic) bond motifs is 2. The Labute approximate surface area is 253 Å². The van der Waals surface area contributed by atoms with Gasteiger partial charge in [0, 0.05) is 33.2 Å². The second-order valence-corrected chi connectivity index (χ2v) is 10.6. The van der Waals surface area contributed by atoms with Crippen molar-refractivity contribution < 1.29 is 23.4 Å². The number of allylic oxidation sites excluding steroid dienone is 1. The number of nitrogens with zero attached hydrogens (tertiary/aromatic N) is 1. The van der Waals surface area contributed by atoms with Gasteiger partial charge in [-0.1, -0.05) is 61.0 Å². The van der Waals surface area contributed by atoms with Gasteiger partial charge < -0.3 is 24.4 Å². The van der Waals surface area contributed by atoms with E-state index in [9.17, 15) is 10.1 Å². The zero-order chi connectivity index (χ0) is 30.1. The minimum atomic E-state index is -0.618. The maximum absolute atomic E-state index is 13.1. The summed E-state index contributed by atoms with van der Waals surface area (Å²) in [4.78, 5) is 13.1. The number of hydrogen-bond donors (Lipinski definition) is 1. The molecule has 0 bridgehead atoms. The van der Waals surface area contributed by atoms with Crippen molar-refractivity contribution in [2.75, 3.05) is 0 Å². The van der Waals surface area contributed by atoms with Crippen LogP contribution in [0.3, 0.4) is 0 Å². The number of rotatable bonds is 7. The molecule has 0 radical (unpaired) electrons. The number of benzene rings is 4. The largest absolute Gasteiger partial charge is 0.489 e. The van der Waals surface area contributed by atoms with Crippen molar-refractivity contribution in [1.29, 1.82) is 5.26 Å². The summed E-state index contributed by atoms with van der Waals surface area (Å²) in [7, 11) is 0. The van der Waals surface area contributed by atoms with Crippen LogP contribution in [0.2, 0.25) is 5.02 Å². The first kappa shape index (κ1) is 28.0. The van der Waals surface area contributed by atoms with Gasteiger partial charge in [-0.2, -0.15) is 5.26 Å². The van der Waals surface area contributed by atoms with Crippen molar-refractivity contribution in [2.45, 2.75) is 32.8 Å². The summed E-state index contributed by atoms with van der Waals surface area (Å²) in [5.41, 5.74) is 11.4. The lowest BCUT2D eigenvalue weighted by Crippen LogP contribution is -2.21. The van der Waals surface area contributed by atoms with E-state index in [4.69, 9.17) is 36.0 Å². The monoisotopic (exact) mass is 590 g/mol. The average molecular weight is 591 g/mol. The molecule has 2 heterocycles. The van der Waals surface area contributed by atoms with E-state index in [0.717, 1.165) is 34.1 Å². The molecule has 0 amide bonds. The normalized spacial score (nSPS) is 14.1. The Kier molecular flexibility index (Phi) is 7.54. The summed E-state index contributed by atoms with van der Waals surface area (Å²) in [6.45, 7) is 4.23. The van der Waals surface area contributed by atoms with Gasteiger partial charge in [0.15, 0.2) is 0 Å². The molecule has 1 atom stereocenters. The highest BCUT2D eigenvalue weighted by atomic mass is 35.5. The third kappa shape index (κ3) is 5.41. The molecule has 5 aromatic rings. The fourth-order valence-electron chi connectivity index (χ4n) is 5.21.